The van der Waals surface area contributed by atoms with E-state index in [1.165, 1.54) is 103 Å². The van der Waals surface area contributed by atoms with Gasteiger partial charge in [-0.25, -0.2) is 0 Å². The topological polar surface area (TPSA) is 105 Å². The molecule has 1 aromatic rings. The van der Waals surface area contributed by atoms with Gasteiger partial charge in [-0.2, -0.15) is 0 Å². The molecule has 0 heterocycles. The highest BCUT2D eigenvalue weighted by Crippen LogP contribution is 2.39. The minimum atomic E-state index is -1.56. The predicted molar refractivity (Wildman–Crippen MR) is 237 cm³/mol. The van der Waals surface area contributed by atoms with Crippen molar-refractivity contribution in [3.63, 3.8) is 0 Å². The molecule has 0 aliphatic heterocycles. The maximum atomic E-state index is 14.0. The zero-order chi connectivity index (χ0) is 42.7. The van der Waals surface area contributed by atoms with E-state index < -0.39 is 34.7 Å². The Hall–Kier alpha value is -2.90. The van der Waals surface area contributed by atoms with E-state index in [0.29, 0.717) is 24.0 Å². The van der Waals surface area contributed by atoms with E-state index in [1.807, 2.05) is 24.3 Å². The van der Waals surface area contributed by atoms with Crippen LogP contribution < -0.4 is 0 Å². The first-order chi connectivity index (χ1) is 28.2. The van der Waals surface area contributed by atoms with E-state index >= 15 is 0 Å². The monoisotopic (exact) mass is 815 g/mol. The number of hydrogen-bond acceptors (Lipinski definition) is 8. The van der Waals surface area contributed by atoms with E-state index in [-0.39, 0.29) is 52.1 Å². The van der Waals surface area contributed by atoms with E-state index in [0.717, 1.165) is 38.5 Å². The molecule has 0 amide bonds. The molecule has 1 aromatic carbocycles. The molecule has 0 unspecified atom stereocenters. The van der Waals surface area contributed by atoms with Gasteiger partial charge in [-0.1, -0.05) is 192 Å². The Morgan fingerprint density at radius 1 is 0.362 bits per heavy atom. The van der Waals surface area contributed by atoms with Gasteiger partial charge in [0.2, 0.25) is 0 Å². The van der Waals surface area contributed by atoms with Crippen LogP contribution in [0.25, 0.3) is 0 Å². The Balaban J connectivity index is 3.23. The summed E-state index contributed by atoms with van der Waals surface area (Å²) in [7, 11) is 0. The molecule has 0 bridgehead atoms. The van der Waals surface area contributed by atoms with Gasteiger partial charge in [-0.05, 0) is 64.5 Å². The Kier molecular flexibility index (Phi) is 31.0. The molecule has 0 spiro atoms. The standard InChI is InChI=1S/C50H86O8/c1-7-13-15-17-19-21-23-25-27-29-31-35-39-49(45(51)55-9-3,46(52)56-10-4)41-43-37-33-34-38-44(43)42-50(47(53)57-11-5,48(54)58-12-6)40-36-32-30-28-26-24-22-20-18-16-14-8-2/h33-34,37-38H,7-32,35-36,39-42H2,1-6H3. The highest BCUT2D eigenvalue weighted by Gasteiger charge is 2.51. The minimum absolute atomic E-state index is 0.0409. The van der Waals surface area contributed by atoms with Crippen LogP contribution in [-0.2, 0) is 51.0 Å². The van der Waals surface area contributed by atoms with Crippen molar-refractivity contribution in [3.8, 4) is 0 Å². The summed E-state index contributed by atoms with van der Waals surface area (Å²) in [6, 6.07) is 7.50. The predicted octanol–water partition coefficient (Wildman–Crippen LogP) is 13.2. The lowest BCUT2D eigenvalue weighted by Gasteiger charge is -2.32. The first-order valence-corrected chi connectivity index (χ1v) is 24.0. The number of unbranched alkanes of at least 4 members (excludes halogenated alkanes) is 22. The molecule has 0 saturated carbocycles. The fourth-order valence-corrected chi connectivity index (χ4v) is 8.21. The molecule has 0 aliphatic carbocycles. The highest BCUT2D eigenvalue weighted by atomic mass is 16.6. The molecular formula is C50H86O8. The van der Waals surface area contributed by atoms with Gasteiger partial charge in [-0.3, -0.25) is 19.2 Å². The molecule has 8 heteroatoms. The van der Waals surface area contributed by atoms with Crippen LogP contribution in [-0.4, -0.2) is 50.3 Å². The normalized spacial score (nSPS) is 11.7. The van der Waals surface area contributed by atoms with Crippen molar-refractivity contribution < 1.29 is 38.1 Å². The molecular weight excluding hydrogens is 729 g/mol. The number of benzene rings is 1. The van der Waals surface area contributed by atoms with Crippen molar-refractivity contribution in [1.82, 2.24) is 0 Å². The van der Waals surface area contributed by atoms with Crippen molar-refractivity contribution >= 4 is 23.9 Å². The molecule has 58 heavy (non-hydrogen) atoms. The summed E-state index contributed by atoms with van der Waals surface area (Å²) < 4.78 is 22.5. The minimum Gasteiger partial charge on any atom is -0.465 e. The van der Waals surface area contributed by atoms with Crippen LogP contribution in [0, 0.1) is 10.8 Å². The SMILES string of the molecule is CCCCCCCCCCCCCCC(Cc1ccccc1CC(CCCCCCCCCCCCCC)(C(=O)OCC)C(=O)OCC)(C(=O)OCC)C(=O)OCC. The second-order valence-corrected chi connectivity index (χ2v) is 16.4. The number of ether oxygens (including phenoxy) is 4. The summed E-state index contributed by atoms with van der Waals surface area (Å²) in [5.74, 6) is -2.37. The number of hydrogen-bond donors (Lipinski definition) is 0. The summed E-state index contributed by atoms with van der Waals surface area (Å²) in [6.07, 6.45) is 28.7. The van der Waals surface area contributed by atoms with E-state index in [1.54, 1.807) is 27.7 Å². The van der Waals surface area contributed by atoms with Gasteiger partial charge in [0.1, 0.15) is 0 Å². The van der Waals surface area contributed by atoms with Crippen LogP contribution in [0.5, 0.6) is 0 Å². The molecule has 1 rings (SSSR count). The van der Waals surface area contributed by atoms with Crippen molar-refractivity contribution in [1.29, 1.82) is 0 Å². The summed E-state index contributed by atoms with van der Waals surface area (Å²) in [6.45, 7) is 12.0. The number of carbonyl (C=O) groups is 4. The first kappa shape index (κ1) is 53.1. The molecule has 0 aromatic heterocycles. The lowest BCUT2D eigenvalue weighted by Crippen LogP contribution is -2.45. The summed E-state index contributed by atoms with van der Waals surface area (Å²) in [5, 5.41) is 0. The van der Waals surface area contributed by atoms with Gasteiger partial charge in [-0.15, -0.1) is 0 Å². The maximum absolute atomic E-state index is 14.0. The largest absolute Gasteiger partial charge is 0.465 e. The van der Waals surface area contributed by atoms with Crippen LogP contribution >= 0.6 is 0 Å². The van der Waals surface area contributed by atoms with Gasteiger partial charge >= 0.3 is 23.9 Å². The zero-order valence-electron chi connectivity index (χ0n) is 38.2. The third kappa shape index (κ3) is 20.4. The van der Waals surface area contributed by atoms with Crippen LogP contribution in [0.3, 0.4) is 0 Å². The average molecular weight is 815 g/mol. The molecule has 0 fully saturated rings. The molecule has 334 valence electrons. The third-order valence-electron chi connectivity index (χ3n) is 11.7. The summed E-state index contributed by atoms with van der Waals surface area (Å²) in [5.41, 5.74) is -1.72. The van der Waals surface area contributed by atoms with Crippen LogP contribution in [0.2, 0.25) is 0 Å². The van der Waals surface area contributed by atoms with Gasteiger partial charge in [0, 0.05) is 0 Å². The van der Waals surface area contributed by atoms with Crippen LogP contribution in [0.15, 0.2) is 24.3 Å². The van der Waals surface area contributed by atoms with Gasteiger partial charge in [0.15, 0.2) is 10.8 Å². The summed E-state index contributed by atoms with van der Waals surface area (Å²) in [4.78, 5) is 55.9. The van der Waals surface area contributed by atoms with Crippen LogP contribution in [0.4, 0.5) is 0 Å². The van der Waals surface area contributed by atoms with Crippen molar-refractivity contribution in [2.75, 3.05) is 26.4 Å². The van der Waals surface area contributed by atoms with Gasteiger partial charge < -0.3 is 18.9 Å². The fourth-order valence-electron chi connectivity index (χ4n) is 8.21. The molecule has 0 radical (unpaired) electrons. The van der Waals surface area contributed by atoms with Crippen LogP contribution in [0.1, 0.15) is 220 Å². The van der Waals surface area contributed by atoms with Crippen molar-refractivity contribution in [2.24, 2.45) is 10.8 Å². The molecule has 0 atom stereocenters. The zero-order valence-corrected chi connectivity index (χ0v) is 38.2. The number of esters is 4. The highest BCUT2D eigenvalue weighted by molar-refractivity contribution is 6.01. The Morgan fingerprint density at radius 3 is 0.810 bits per heavy atom. The van der Waals surface area contributed by atoms with Crippen molar-refractivity contribution in [2.45, 2.75) is 221 Å². The van der Waals surface area contributed by atoms with E-state index in [4.69, 9.17) is 18.9 Å². The van der Waals surface area contributed by atoms with Crippen molar-refractivity contribution in [3.05, 3.63) is 35.4 Å². The van der Waals surface area contributed by atoms with E-state index in [9.17, 15) is 19.2 Å². The molecule has 8 nitrogen and oxygen atoms in total. The Morgan fingerprint density at radius 2 is 0.586 bits per heavy atom. The maximum Gasteiger partial charge on any atom is 0.323 e. The lowest BCUT2D eigenvalue weighted by atomic mass is 9.72. The Bertz CT molecular complexity index is 1100. The smallest absolute Gasteiger partial charge is 0.323 e. The average Bonchev–Trinajstić information content (AvgIpc) is 3.21. The molecule has 0 aliphatic rings. The third-order valence-corrected chi connectivity index (χ3v) is 11.7. The molecule has 0 saturated heterocycles. The number of rotatable bonds is 38. The first-order valence-electron chi connectivity index (χ1n) is 24.0. The second-order valence-electron chi connectivity index (χ2n) is 16.4. The van der Waals surface area contributed by atoms with Gasteiger partial charge in [0.05, 0.1) is 26.4 Å². The second kappa shape index (κ2) is 33.9. The van der Waals surface area contributed by atoms with E-state index in [2.05, 4.69) is 13.8 Å². The van der Waals surface area contributed by atoms with Gasteiger partial charge in [0.25, 0.3) is 0 Å². The number of carbonyl (C=O) groups excluding carboxylic acids is 4. The molecule has 0 N–H and O–H groups in total. The summed E-state index contributed by atoms with van der Waals surface area (Å²) >= 11 is 0. The fraction of sp³-hybridized carbons (Fsp3) is 0.800. The quantitative estimate of drug-likeness (QED) is 0.0281. The Labute approximate surface area is 355 Å². The lowest BCUT2D eigenvalue weighted by molar-refractivity contribution is -0.175.